The van der Waals surface area contributed by atoms with Gasteiger partial charge in [0.1, 0.15) is 5.75 Å². The fourth-order valence-corrected chi connectivity index (χ4v) is 2.85. The number of amides is 1. The lowest BCUT2D eigenvalue weighted by molar-refractivity contribution is 0.0974. The molecule has 1 heterocycles. The molecule has 6 heteroatoms. The van der Waals surface area contributed by atoms with Gasteiger partial charge in [-0.15, -0.1) is 0 Å². The normalized spacial score (nSPS) is 14.2. The topological polar surface area (TPSA) is 41.6 Å². The maximum Gasteiger partial charge on any atom is 0.257 e. The van der Waals surface area contributed by atoms with Crippen LogP contribution in [0, 0.1) is 0 Å². The second kappa shape index (κ2) is 7.04. The molecular formula is C14H17BrN2O2S. The minimum absolute atomic E-state index is 0.189. The number of carbonyl (C=O) groups is 1. The molecule has 20 heavy (non-hydrogen) atoms. The number of hydrogen-bond donors (Lipinski definition) is 1. The summed E-state index contributed by atoms with van der Waals surface area (Å²) in [5, 5.41) is 3.29. The monoisotopic (exact) mass is 356 g/mol. The standard InChI is InChI=1S/C14H17BrN2O2S/c1-2-19-12-6-5-10(9-11(12)15)13(18)16-14(20)17-7-3-4-8-17/h5-6,9H,2-4,7-8H2,1H3,(H,16,18,20). The fourth-order valence-electron chi connectivity index (χ4n) is 2.08. The molecule has 0 aliphatic carbocycles. The molecule has 0 spiro atoms. The predicted molar refractivity (Wildman–Crippen MR) is 86.2 cm³/mol. The van der Waals surface area contributed by atoms with E-state index in [4.69, 9.17) is 17.0 Å². The third-order valence-electron chi connectivity index (χ3n) is 3.11. The molecule has 1 aromatic carbocycles. The number of benzene rings is 1. The molecule has 1 aliphatic heterocycles. The zero-order chi connectivity index (χ0) is 14.5. The lowest BCUT2D eigenvalue weighted by Crippen LogP contribution is -2.41. The van der Waals surface area contributed by atoms with Gasteiger partial charge in [-0.3, -0.25) is 10.1 Å². The Labute approximate surface area is 132 Å². The zero-order valence-corrected chi connectivity index (χ0v) is 13.7. The summed E-state index contributed by atoms with van der Waals surface area (Å²) in [5.41, 5.74) is 0.557. The van der Waals surface area contributed by atoms with Crippen LogP contribution in [0.15, 0.2) is 22.7 Å². The van der Waals surface area contributed by atoms with Gasteiger partial charge < -0.3 is 9.64 Å². The van der Waals surface area contributed by atoms with E-state index in [1.54, 1.807) is 18.2 Å². The van der Waals surface area contributed by atoms with Crippen LogP contribution in [0.25, 0.3) is 0 Å². The average Bonchev–Trinajstić information content (AvgIpc) is 2.95. The van der Waals surface area contributed by atoms with E-state index in [0.717, 1.165) is 36.2 Å². The number of ether oxygens (including phenoxy) is 1. The Hall–Kier alpha value is -1.14. The quantitative estimate of drug-likeness (QED) is 0.845. The first-order chi connectivity index (χ1) is 9.61. The highest BCUT2D eigenvalue weighted by Gasteiger charge is 2.17. The van der Waals surface area contributed by atoms with E-state index in [-0.39, 0.29) is 5.91 Å². The summed E-state index contributed by atoms with van der Waals surface area (Å²) < 4.78 is 6.18. The molecule has 1 fully saturated rings. The Kier molecular flexibility index (Phi) is 5.37. The van der Waals surface area contributed by atoms with Gasteiger partial charge in [-0.05, 0) is 66.1 Å². The molecule has 0 aromatic heterocycles. The van der Waals surface area contributed by atoms with Crippen LogP contribution in [0.3, 0.4) is 0 Å². The Bertz CT molecular complexity index is 516. The summed E-state index contributed by atoms with van der Waals surface area (Å²) in [7, 11) is 0. The average molecular weight is 357 g/mol. The highest BCUT2D eigenvalue weighted by molar-refractivity contribution is 9.10. The molecule has 1 amide bonds. The highest BCUT2D eigenvalue weighted by Crippen LogP contribution is 2.26. The molecule has 0 radical (unpaired) electrons. The van der Waals surface area contributed by atoms with Gasteiger partial charge in [0.15, 0.2) is 5.11 Å². The van der Waals surface area contributed by atoms with Gasteiger partial charge in [-0.1, -0.05) is 0 Å². The van der Waals surface area contributed by atoms with Crippen molar-refractivity contribution in [1.29, 1.82) is 0 Å². The van der Waals surface area contributed by atoms with Crippen LogP contribution in [-0.2, 0) is 0 Å². The molecular weight excluding hydrogens is 340 g/mol. The van der Waals surface area contributed by atoms with Gasteiger partial charge in [0.25, 0.3) is 5.91 Å². The second-order valence-electron chi connectivity index (χ2n) is 4.53. The summed E-state index contributed by atoms with van der Waals surface area (Å²) in [5.74, 6) is 0.539. The molecule has 0 unspecified atom stereocenters. The third kappa shape index (κ3) is 3.70. The largest absolute Gasteiger partial charge is 0.493 e. The number of nitrogens with zero attached hydrogens (tertiary/aromatic N) is 1. The van der Waals surface area contributed by atoms with Crippen LogP contribution in [0.5, 0.6) is 5.75 Å². The first-order valence-corrected chi connectivity index (χ1v) is 7.84. The van der Waals surface area contributed by atoms with Crippen LogP contribution in [0.4, 0.5) is 0 Å². The van der Waals surface area contributed by atoms with Gasteiger partial charge in [0.2, 0.25) is 0 Å². The highest BCUT2D eigenvalue weighted by atomic mass is 79.9. The van der Waals surface area contributed by atoms with Crippen molar-refractivity contribution in [3.8, 4) is 5.75 Å². The summed E-state index contributed by atoms with van der Waals surface area (Å²) in [6.45, 7) is 4.35. The first kappa shape index (κ1) is 15.3. The van der Waals surface area contributed by atoms with E-state index in [9.17, 15) is 4.79 Å². The summed E-state index contributed by atoms with van der Waals surface area (Å²) >= 11 is 8.65. The van der Waals surface area contributed by atoms with Crippen molar-refractivity contribution in [2.24, 2.45) is 0 Å². The summed E-state index contributed by atoms with van der Waals surface area (Å²) in [4.78, 5) is 14.2. The SMILES string of the molecule is CCOc1ccc(C(=O)NC(=S)N2CCCC2)cc1Br. The number of halogens is 1. The first-order valence-electron chi connectivity index (χ1n) is 6.64. The molecule has 1 saturated heterocycles. The van der Waals surface area contributed by atoms with E-state index < -0.39 is 0 Å². The number of likely N-dealkylation sites (tertiary alicyclic amines) is 1. The van der Waals surface area contributed by atoms with Gasteiger partial charge in [0.05, 0.1) is 11.1 Å². The van der Waals surface area contributed by atoms with Crippen LogP contribution in [0.1, 0.15) is 30.1 Å². The van der Waals surface area contributed by atoms with E-state index in [1.165, 1.54) is 0 Å². The number of carbonyl (C=O) groups excluding carboxylic acids is 1. The van der Waals surface area contributed by atoms with Crippen molar-refractivity contribution in [3.63, 3.8) is 0 Å². The molecule has 0 atom stereocenters. The van der Waals surface area contributed by atoms with Crippen LogP contribution in [0.2, 0.25) is 0 Å². The lowest BCUT2D eigenvalue weighted by atomic mass is 10.2. The molecule has 1 N–H and O–H groups in total. The summed E-state index contributed by atoms with van der Waals surface area (Å²) in [6.07, 6.45) is 2.26. The van der Waals surface area contributed by atoms with Crippen LogP contribution >= 0.6 is 28.1 Å². The third-order valence-corrected chi connectivity index (χ3v) is 4.09. The Morgan fingerprint density at radius 1 is 1.45 bits per heavy atom. The second-order valence-corrected chi connectivity index (χ2v) is 5.77. The van der Waals surface area contributed by atoms with Crippen molar-refractivity contribution < 1.29 is 9.53 Å². The van der Waals surface area contributed by atoms with E-state index >= 15 is 0 Å². The van der Waals surface area contributed by atoms with Gasteiger partial charge in [-0.25, -0.2) is 0 Å². The molecule has 2 rings (SSSR count). The minimum Gasteiger partial charge on any atom is -0.493 e. The maximum atomic E-state index is 12.1. The van der Waals surface area contributed by atoms with Gasteiger partial charge in [0, 0.05) is 18.7 Å². The van der Waals surface area contributed by atoms with E-state index in [0.29, 0.717) is 17.3 Å². The van der Waals surface area contributed by atoms with Gasteiger partial charge in [-0.2, -0.15) is 0 Å². The number of thiocarbonyl (C=S) groups is 1. The number of hydrogen-bond acceptors (Lipinski definition) is 3. The molecule has 1 aromatic rings. The zero-order valence-electron chi connectivity index (χ0n) is 11.3. The minimum atomic E-state index is -0.189. The molecule has 4 nitrogen and oxygen atoms in total. The maximum absolute atomic E-state index is 12.1. The number of rotatable bonds is 3. The lowest BCUT2D eigenvalue weighted by Gasteiger charge is -2.18. The van der Waals surface area contributed by atoms with E-state index in [1.807, 2.05) is 11.8 Å². The summed E-state index contributed by atoms with van der Waals surface area (Å²) in [6, 6.07) is 5.26. The van der Waals surface area contributed by atoms with Crippen LogP contribution < -0.4 is 10.1 Å². The smallest absolute Gasteiger partial charge is 0.257 e. The van der Waals surface area contributed by atoms with Crippen molar-refractivity contribution in [2.75, 3.05) is 19.7 Å². The van der Waals surface area contributed by atoms with Gasteiger partial charge >= 0.3 is 0 Å². The molecule has 0 saturated carbocycles. The van der Waals surface area contributed by atoms with Crippen molar-refractivity contribution >= 4 is 39.2 Å². The number of nitrogens with one attached hydrogen (secondary N) is 1. The molecule has 1 aliphatic rings. The predicted octanol–water partition coefficient (Wildman–Crippen LogP) is 2.96. The van der Waals surface area contributed by atoms with Crippen molar-refractivity contribution in [1.82, 2.24) is 10.2 Å². The Balaban J connectivity index is 2.01. The van der Waals surface area contributed by atoms with Crippen LogP contribution in [-0.4, -0.2) is 35.6 Å². The van der Waals surface area contributed by atoms with Crippen molar-refractivity contribution in [3.05, 3.63) is 28.2 Å². The van der Waals surface area contributed by atoms with Crippen molar-refractivity contribution in [2.45, 2.75) is 19.8 Å². The molecule has 0 bridgehead atoms. The molecule has 108 valence electrons. The Morgan fingerprint density at radius 3 is 2.75 bits per heavy atom. The fraction of sp³-hybridized carbons (Fsp3) is 0.429. The Morgan fingerprint density at radius 2 is 2.15 bits per heavy atom. The van der Waals surface area contributed by atoms with E-state index in [2.05, 4.69) is 21.2 Å².